The van der Waals surface area contributed by atoms with E-state index in [1.165, 1.54) is 34.7 Å². The number of fused-ring (bicyclic) bond motifs is 4. The first-order valence-electron chi connectivity index (χ1n) is 7.78. The van der Waals surface area contributed by atoms with Crippen LogP contribution in [-0.2, 0) is 12.8 Å². The van der Waals surface area contributed by atoms with Crippen molar-refractivity contribution < 1.29 is 10.2 Å². The Kier molecular flexibility index (Phi) is 2.91. The van der Waals surface area contributed by atoms with Crippen LogP contribution in [0.5, 0.6) is 0 Å². The van der Waals surface area contributed by atoms with Gasteiger partial charge in [0.15, 0.2) is 0 Å². The molecule has 2 nitrogen and oxygen atoms in total. The van der Waals surface area contributed by atoms with Gasteiger partial charge in [-0.1, -0.05) is 12.1 Å². The van der Waals surface area contributed by atoms with E-state index in [4.69, 9.17) is 0 Å². The summed E-state index contributed by atoms with van der Waals surface area (Å²) in [5, 5.41) is 22.8. The van der Waals surface area contributed by atoms with Gasteiger partial charge in [0.05, 0.1) is 0 Å². The van der Waals surface area contributed by atoms with Crippen LogP contribution in [0.4, 0.5) is 0 Å². The zero-order valence-corrected chi connectivity index (χ0v) is 12.3. The monoisotopic (exact) mass is 280 g/mol. The Labute approximate surface area is 124 Å². The lowest BCUT2D eigenvalue weighted by molar-refractivity contribution is 0.0466. The first-order valence-corrected chi connectivity index (χ1v) is 7.78. The quantitative estimate of drug-likeness (QED) is 0.775. The van der Waals surface area contributed by atoms with Crippen molar-refractivity contribution in [3.05, 3.63) is 52.6 Å². The Balaban J connectivity index is 2.01. The van der Waals surface area contributed by atoms with Gasteiger partial charge in [0.25, 0.3) is 0 Å². The molecule has 2 N–H and O–H groups in total. The molecule has 2 aromatic carbocycles. The average Bonchev–Trinajstić information content (AvgIpc) is 2.51. The molecule has 0 amide bonds. The molecule has 0 heterocycles. The van der Waals surface area contributed by atoms with E-state index < -0.39 is 12.2 Å². The maximum Gasteiger partial charge on any atom is 0.109 e. The maximum atomic E-state index is 10.3. The summed E-state index contributed by atoms with van der Waals surface area (Å²) in [5.74, 6) is 0. The van der Waals surface area contributed by atoms with Crippen LogP contribution in [0.2, 0.25) is 0 Å². The van der Waals surface area contributed by atoms with E-state index in [2.05, 4.69) is 24.3 Å². The smallest absolute Gasteiger partial charge is 0.109 e. The summed E-state index contributed by atoms with van der Waals surface area (Å²) in [6.07, 6.45) is 4.93. The number of hydrogen-bond acceptors (Lipinski definition) is 2. The second-order valence-electron chi connectivity index (χ2n) is 6.36. The number of allylic oxidation sites excluding steroid dienone is 1. The van der Waals surface area contributed by atoms with Crippen molar-refractivity contribution in [3.8, 4) is 0 Å². The van der Waals surface area contributed by atoms with Crippen LogP contribution >= 0.6 is 0 Å². The molecule has 0 unspecified atom stereocenters. The van der Waals surface area contributed by atoms with Crippen LogP contribution in [0.3, 0.4) is 0 Å². The van der Waals surface area contributed by atoms with E-state index in [0.717, 1.165) is 29.5 Å². The van der Waals surface area contributed by atoms with Gasteiger partial charge in [0.2, 0.25) is 0 Å². The SMILES string of the molecule is CC1=C[C@@H](O)[C@H](O)c2cc3c4c(ccc3cc21)CCCC4. The molecular weight excluding hydrogens is 260 g/mol. The number of rotatable bonds is 0. The lowest BCUT2D eigenvalue weighted by Gasteiger charge is -2.27. The summed E-state index contributed by atoms with van der Waals surface area (Å²) in [5.41, 5.74) is 5.87. The number of aliphatic hydroxyl groups excluding tert-OH is 2. The first kappa shape index (κ1) is 13.1. The van der Waals surface area contributed by atoms with Crippen molar-refractivity contribution in [2.45, 2.75) is 44.8 Å². The third kappa shape index (κ3) is 1.94. The van der Waals surface area contributed by atoms with Crippen LogP contribution in [0, 0.1) is 0 Å². The minimum absolute atomic E-state index is 0.797. The van der Waals surface area contributed by atoms with Gasteiger partial charge in [-0.25, -0.2) is 0 Å². The average molecular weight is 280 g/mol. The molecule has 108 valence electrons. The van der Waals surface area contributed by atoms with Crippen LogP contribution < -0.4 is 0 Å². The molecule has 0 aliphatic heterocycles. The molecule has 2 aliphatic carbocycles. The molecule has 4 rings (SSSR count). The Morgan fingerprint density at radius 2 is 1.86 bits per heavy atom. The van der Waals surface area contributed by atoms with Gasteiger partial charge in [-0.3, -0.25) is 0 Å². The van der Waals surface area contributed by atoms with Crippen molar-refractivity contribution in [1.29, 1.82) is 0 Å². The molecule has 2 atom stereocenters. The largest absolute Gasteiger partial charge is 0.386 e. The Bertz CT molecular complexity index is 758. The van der Waals surface area contributed by atoms with Gasteiger partial charge < -0.3 is 10.2 Å². The molecule has 2 heteroatoms. The summed E-state index contributed by atoms with van der Waals surface area (Å²) in [4.78, 5) is 0. The molecule has 0 saturated carbocycles. The fraction of sp³-hybridized carbons (Fsp3) is 0.368. The lowest BCUT2D eigenvalue weighted by Crippen LogP contribution is -2.21. The highest BCUT2D eigenvalue weighted by atomic mass is 16.3. The van der Waals surface area contributed by atoms with Crippen LogP contribution in [0.25, 0.3) is 16.3 Å². The topological polar surface area (TPSA) is 40.5 Å². The minimum atomic E-state index is -0.812. The van der Waals surface area contributed by atoms with Crippen molar-refractivity contribution in [2.24, 2.45) is 0 Å². The number of benzene rings is 2. The van der Waals surface area contributed by atoms with Crippen molar-refractivity contribution >= 4 is 16.3 Å². The summed E-state index contributed by atoms with van der Waals surface area (Å²) in [6.45, 7) is 2.00. The molecule has 0 bridgehead atoms. The Hall–Kier alpha value is -1.64. The van der Waals surface area contributed by atoms with E-state index in [9.17, 15) is 10.2 Å². The Morgan fingerprint density at radius 1 is 1.05 bits per heavy atom. The van der Waals surface area contributed by atoms with Gasteiger partial charge in [-0.15, -0.1) is 0 Å². The second-order valence-corrected chi connectivity index (χ2v) is 6.36. The van der Waals surface area contributed by atoms with Gasteiger partial charge in [-0.05, 0) is 89.4 Å². The van der Waals surface area contributed by atoms with Crippen LogP contribution in [0.1, 0.15) is 48.1 Å². The van der Waals surface area contributed by atoms with E-state index in [1.807, 2.05) is 6.92 Å². The molecule has 21 heavy (non-hydrogen) atoms. The predicted molar refractivity (Wildman–Crippen MR) is 85.2 cm³/mol. The first-order chi connectivity index (χ1) is 10.1. The maximum absolute atomic E-state index is 10.3. The summed E-state index contributed by atoms with van der Waals surface area (Å²) >= 11 is 0. The van der Waals surface area contributed by atoms with E-state index in [1.54, 1.807) is 6.08 Å². The zero-order chi connectivity index (χ0) is 14.6. The molecule has 0 aromatic heterocycles. The third-order valence-electron chi connectivity index (χ3n) is 5.01. The Morgan fingerprint density at radius 3 is 2.71 bits per heavy atom. The molecule has 0 radical (unpaired) electrons. The van der Waals surface area contributed by atoms with Gasteiger partial charge >= 0.3 is 0 Å². The fourth-order valence-electron chi connectivity index (χ4n) is 3.85. The van der Waals surface area contributed by atoms with E-state index in [-0.39, 0.29) is 0 Å². The van der Waals surface area contributed by atoms with Crippen LogP contribution in [-0.4, -0.2) is 16.3 Å². The van der Waals surface area contributed by atoms with E-state index >= 15 is 0 Å². The summed E-state index contributed by atoms with van der Waals surface area (Å²) in [6, 6.07) is 8.74. The summed E-state index contributed by atoms with van der Waals surface area (Å²) < 4.78 is 0. The highest BCUT2D eigenvalue weighted by Gasteiger charge is 2.26. The molecular formula is C19H20O2. The van der Waals surface area contributed by atoms with Gasteiger partial charge in [-0.2, -0.15) is 0 Å². The zero-order valence-electron chi connectivity index (χ0n) is 12.3. The molecule has 2 aromatic rings. The highest BCUT2D eigenvalue weighted by molar-refractivity contribution is 5.91. The highest BCUT2D eigenvalue weighted by Crippen LogP contribution is 2.38. The molecule has 0 spiro atoms. The molecule has 0 fully saturated rings. The lowest BCUT2D eigenvalue weighted by atomic mass is 9.82. The predicted octanol–water partition coefficient (Wildman–Crippen LogP) is 3.53. The normalized spacial score (nSPS) is 24.4. The third-order valence-corrected chi connectivity index (χ3v) is 5.01. The van der Waals surface area contributed by atoms with Gasteiger partial charge in [0.1, 0.15) is 12.2 Å². The van der Waals surface area contributed by atoms with Crippen molar-refractivity contribution in [2.75, 3.05) is 0 Å². The fourth-order valence-corrected chi connectivity index (χ4v) is 3.85. The number of aryl methyl sites for hydroxylation is 2. The summed E-state index contributed by atoms with van der Waals surface area (Å²) in [7, 11) is 0. The molecule has 2 aliphatic rings. The van der Waals surface area contributed by atoms with Gasteiger partial charge in [0, 0.05) is 0 Å². The second kappa shape index (κ2) is 4.69. The number of hydrogen-bond donors (Lipinski definition) is 2. The number of aliphatic hydroxyl groups is 2. The van der Waals surface area contributed by atoms with Crippen LogP contribution in [0.15, 0.2) is 30.3 Å². The van der Waals surface area contributed by atoms with Crippen molar-refractivity contribution in [3.63, 3.8) is 0 Å². The van der Waals surface area contributed by atoms with Crippen molar-refractivity contribution in [1.82, 2.24) is 0 Å². The standard InChI is InChI=1S/C19H20O2/c1-11-8-18(20)19(21)17-10-16-13(9-15(11)17)7-6-12-4-2-3-5-14(12)16/h6-10,18-21H,2-5H2,1H3/t18-,19-/m1/s1. The minimum Gasteiger partial charge on any atom is -0.386 e. The van der Waals surface area contributed by atoms with E-state index in [0.29, 0.717) is 0 Å². The molecule has 0 saturated heterocycles.